The van der Waals surface area contributed by atoms with Crippen LogP contribution in [0.4, 0.5) is 4.39 Å². The highest BCUT2D eigenvalue weighted by atomic mass is 127. The highest BCUT2D eigenvalue weighted by Gasteiger charge is 2.18. The number of carbonyl (C=O) groups excluding carboxylic acids is 1. The van der Waals surface area contributed by atoms with Crippen LogP contribution >= 0.6 is 22.6 Å². The molecule has 0 fully saturated rings. The Morgan fingerprint density at radius 3 is 2.62 bits per heavy atom. The van der Waals surface area contributed by atoms with Crippen molar-refractivity contribution in [1.29, 1.82) is 0 Å². The van der Waals surface area contributed by atoms with Crippen LogP contribution in [0, 0.1) is 9.39 Å². The predicted octanol–water partition coefficient (Wildman–Crippen LogP) is 4.15. The maximum absolute atomic E-state index is 13.5. The third-order valence-corrected chi connectivity index (χ3v) is 4.69. The van der Waals surface area contributed by atoms with E-state index in [1.165, 1.54) is 17.7 Å². The van der Waals surface area contributed by atoms with Crippen LogP contribution in [-0.4, -0.2) is 37.6 Å². The Morgan fingerprint density at radius 1 is 1.17 bits per heavy atom. The summed E-state index contributed by atoms with van der Waals surface area (Å²) < 4.78 is 19.4. The fourth-order valence-corrected chi connectivity index (χ4v) is 3.03. The first-order valence-electron chi connectivity index (χ1n) is 7.89. The molecule has 0 aliphatic heterocycles. The number of amides is 1. The van der Waals surface area contributed by atoms with Crippen LogP contribution in [0.3, 0.4) is 0 Å². The Labute approximate surface area is 156 Å². The molecule has 5 heteroatoms. The van der Waals surface area contributed by atoms with E-state index in [1.807, 2.05) is 18.2 Å². The van der Waals surface area contributed by atoms with Crippen molar-refractivity contribution >= 4 is 28.5 Å². The van der Waals surface area contributed by atoms with E-state index in [1.54, 1.807) is 18.1 Å². The molecule has 0 radical (unpaired) electrons. The van der Waals surface area contributed by atoms with Crippen molar-refractivity contribution < 1.29 is 13.9 Å². The molecule has 2 rings (SSSR count). The molecule has 1 amide bonds. The highest BCUT2D eigenvalue weighted by Crippen LogP contribution is 2.17. The zero-order valence-electron chi connectivity index (χ0n) is 13.7. The number of carbonyl (C=O) groups is 1. The van der Waals surface area contributed by atoms with Crippen LogP contribution in [0.1, 0.15) is 22.3 Å². The van der Waals surface area contributed by atoms with Crippen molar-refractivity contribution in [3.8, 4) is 0 Å². The lowest BCUT2D eigenvalue weighted by Crippen LogP contribution is -2.35. The first kappa shape index (κ1) is 18.9. The van der Waals surface area contributed by atoms with Crippen molar-refractivity contribution in [3.05, 3.63) is 69.0 Å². The molecule has 0 saturated carbocycles. The maximum atomic E-state index is 13.5. The second kappa shape index (κ2) is 9.74. The minimum Gasteiger partial charge on any atom is -0.383 e. The van der Waals surface area contributed by atoms with E-state index >= 15 is 0 Å². The third-order valence-electron chi connectivity index (χ3n) is 3.75. The molecule has 0 aliphatic carbocycles. The van der Waals surface area contributed by atoms with Gasteiger partial charge in [0.15, 0.2) is 0 Å². The fraction of sp³-hybridized carbons (Fsp3) is 0.316. The van der Waals surface area contributed by atoms with Crippen LogP contribution < -0.4 is 0 Å². The van der Waals surface area contributed by atoms with Gasteiger partial charge in [0.2, 0.25) is 0 Å². The molecule has 0 saturated heterocycles. The number of ether oxygens (including phenoxy) is 1. The quantitative estimate of drug-likeness (QED) is 0.577. The minimum atomic E-state index is -0.394. The van der Waals surface area contributed by atoms with Crippen LogP contribution in [-0.2, 0) is 11.2 Å². The van der Waals surface area contributed by atoms with Crippen LogP contribution in [0.25, 0.3) is 0 Å². The van der Waals surface area contributed by atoms with Crippen LogP contribution in [0.15, 0.2) is 48.5 Å². The van der Waals surface area contributed by atoms with Crippen molar-refractivity contribution in [2.45, 2.75) is 12.8 Å². The van der Waals surface area contributed by atoms with Gasteiger partial charge in [-0.3, -0.25) is 4.79 Å². The Hall–Kier alpha value is -1.47. The molecular weight excluding hydrogens is 420 g/mol. The summed E-state index contributed by atoms with van der Waals surface area (Å²) in [7, 11) is 1.61. The molecule has 128 valence electrons. The molecule has 0 atom stereocenters. The number of hydrogen-bond acceptors (Lipinski definition) is 2. The van der Waals surface area contributed by atoms with Crippen LogP contribution in [0.5, 0.6) is 0 Å². The Kier molecular flexibility index (Phi) is 7.65. The van der Waals surface area contributed by atoms with Gasteiger partial charge in [-0.25, -0.2) is 4.39 Å². The Morgan fingerprint density at radius 2 is 1.92 bits per heavy atom. The standard InChI is InChI=1S/C19H21FINO2/c1-24-13-12-22(11-5-8-15-6-3-2-4-7-15)19(23)17-14-16(20)9-10-18(17)21/h2-4,6-7,9-10,14H,5,8,11-13H2,1H3. The summed E-state index contributed by atoms with van der Waals surface area (Å²) in [5.41, 5.74) is 1.66. The van der Waals surface area contributed by atoms with Crippen LogP contribution in [0.2, 0.25) is 0 Å². The molecule has 0 unspecified atom stereocenters. The van der Waals surface area contributed by atoms with Crippen molar-refractivity contribution in [2.75, 3.05) is 26.8 Å². The molecule has 0 aromatic heterocycles. The van der Waals surface area contributed by atoms with Gasteiger partial charge in [0.1, 0.15) is 5.82 Å². The molecule has 0 aliphatic rings. The van der Waals surface area contributed by atoms with E-state index in [2.05, 4.69) is 34.7 Å². The van der Waals surface area contributed by atoms with E-state index in [9.17, 15) is 9.18 Å². The average Bonchev–Trinajstić information content (AvgIpc) is 2.60. The summed E-state index contributed by atoms with van der Waals surface area (Å²) in [5, 5.41) is 0. The summed E-state index contributed by atoms with van der Waals surface area (Å²) in [6, 6.07) is 14.5. The van der Waals surface area contributed by atoms with E-state index in [0.29, 0.717) is 25.3 Å². The van der Waals surface area contributed by atoms with E-state index in [4.69, 9.17) is 4.74 Å². The van der Waals surface area contributed by atoms with Crippen molar-refractivity contribution in [3.63, 3.8) is 0 Å². The molecule has 3 nitrogen and oxygen atoms in total. The van der Waals surface area contributed by atoms with Gasteiger partial charge in [-0.05, 0) is 59.2 Å². The van der Waals surface area contributed by atoms with Gasteiger partial charge >= 0.3 is 0 Å². The third kappa shape index (κ3) is 5.56. The highest BCUT2D eigenvalue weighted by molar-refractivity contribution is 14.1. The number of rotatable bonds is 8. The van der Waals surface area contributed by atoms with E-state index in [-0.39, 0.29) is 5.91 Å². The second-order valence-corrected chi connectivity index (χ2v) is 6.66. The molecule has 2 aromatic carbocycles. The van der Waals surface area contributed by atoms with Gasteiger partial charge in [0.05, 0.1) is 12.2 Å². The van der Waals surface area contributed by atoms with E-state index < -0.39 is 5.82 Å². The molecule has 0 N–H and O–H groups in total. The van der Waals surface area contributed by atoms with Gasteiger partial charge < -0.3 is 9.64 Å². The lowest BCUT2D eigenvalue weighted by Gasteiger charge is -2.23. The van der Waals surface area contributed by atoms with Gasteiger partial charge in [0.25, 0.3) is 5.91 Å². The van der Waals surface area contributed by atoms with Gasteiger partial charge in [-0.15, -0.1) is 0 Å². The number of halogens is 2. The maximum Gasteiger partial charge on any atom is 0.255 e. The normalized spacial score (nSPS) is 10.6. The minimum absolute atomic E-state index is 0.149. The van der Waals surface area contributed by atoms with Gasteiger partial charge in [-0.1, -0.05) is 30.3 Å². The fourth-order valence-electron chi connectivity index (χ4n) is 2.47. The zero-order chi connectivity index (χ0) is 17.4. The number of methoxy groups -OCH3 is 1. The topological polar surface area (TPSA) is 29.5 Å². The number of nitrogens with zero attached hydrogens (tertiary/aromatic N) is 1. The zero-order valence-corrected chi connectivity index (χ0v) is 15.8. The molecular formula is C19H21FINO2. The summed E-state index contributed by atoms with van der Waals surface area (Å²) >= 11 is 2.06. The monoisotopic (exact) mass is 441 g/mol. The Bertz CT molecular complexity index is 664. The molecule has 2 aromatic rings. The van der Waals surface area contributed by atoms with Crippen molar-refractivity contribution in [1.82, 2.24) is 4.90 Å². The predicted molar refractivity (Wildman–Crippen MR) is 102 cm³/mol. The number of aryl methyl sites for hydroxylation is 1. The van der Waals surface area contributed by atoms with Gasteiger partial charge in [-0.2, -0.15) is 0 Å². The SMILES string of the molecule is COCCN(CCCc1ccccc1)C(=O)c1cc(F)ccc1I. The summed E-state index contributed by atoms with van der Waals surface area (Å²) in [4.78, 5) is 14.5. The average molecular weight is 441 g/mol. The Balaban J connectivity index is 2.03. The molecule has 0 spiro atoms. The molecule has 0 bridgehead atoms. The first-order valence-corrected chi connectivity index (χ1v) is 8.97. The lowest BCUT2D eigenvalue weighted by atomic mass is 10.1. The molecule has 24 heavy (non-hydrogen) atoms. The van der Waals surface area contributed by atoms with Crippen molar-refractivity contribution in [2.24, 2.45) is 0 Å². The summed E-state index contributed by atoms with van der Waals surface area (Å²) in [5.74, 6) is -0.543. The van der Waals surface area contributed by atoms with E-state index in [0.717, 1.165) is 16.4 Å². The lowest BCUT2D eigenvalue weighted by molar-refractivity contribution is 0.0692. The number of benzene rings is 2. The second-order valence-electron chi connectivity index (χ2n) is 5.50. The summed E-state index contributed by atoms with van der Waals surface area (Å²) in [6.45, 7) is 1.57. The smallest absolute Gasteiger partial charge is 0.255 e. The number of hydrogen-bond donors (Lipinski definition) is 0. The summed E-state index contributed by atoms with van der Waals surface area (Å²) in [6.07, 6.45) is 1.75. The first-order chi connectivity index (χ1) is 11.6. The van der Waals surface area contributed by atoms with Gasteiger partial charge in [0, 0.05) is 23.8 Å². The largest absolute Gasteiger partial charge is 0.383 e. The molecule has 0 heterocycles.